The van der Waals surface area contributed by atoms with Gasteiger partial charge in [0, 0.05) is 12.3 Å². The molecule has 0 amide bonds. The Morgan fingerprint density at radius 2 is 2.16 bits per heavy atom. The van der Waals surface area contributed by atoms with Crippen LogP contribution in [0.4, 0.5) is 8.78 Å². The molecule has 1 aromatic heterocycles. The average Bonchev–Trinajstić information content (AvgIpc) is 2.90. The Hall–Kier alpha value is -1.96. The molecule has 3 N–H and O–H groups in total. The number of aromatic nitrogens is 2. The normalized spacial score (nSPS) is 32.7. The Morgan fingerprint density at radius 3 is 2.78 bits per heavy atom. The van der Waals surface area contributed by atoms with Crippen LogP contribution in [0, 0.1) is 0 Å². The summed E-state index contributed by atoms with van der Waals surface area (Å²) in [5.41, 5.74) is 3.37. The predicted octanol–water partition coefficient (Wildman–Crippen LogP) is 0.669. The van der Waals surface area contributed by atoms with Crippen molar-refractivity contribution in [3.05, 3.63) is 33.1 Å². The summed E-state index contributed by atoms with van der Waals surface area (Å²) in [7, 11) is -4.51. The minimum Gasteiger partial charge on any atom is -0.463 e. The fraction of sp³-hybridized carbons (Fsp3) is 0.706. The second-order valence-electron chi connectivity index (χ2n) is 8.02. The van der Waals surface area contributed by atoms with Crippen molar-refractivity contribution in [3.8, 4) is 0 Å². The van der Waals surface area contributed by atoms with E-state index in [1.165, 1.54) is 27.0 Å². The maximum Gasteiger partial charge on any atom is 0.475 e. The van der Waals surface area contributed by atoms with E-state index in [0.29, 0.717) is 0 Å². The van der Waals surface area contributed by atoms with E-state index in [0.717, 1.165) is 10.6 Å². The maximum atomic E-state index is 14.1. The molecule has 0 spiro atoms. The molecule has 0 radical (unpaired) electrons. The number of alkyl halides is 2. The van der Waals surface area contributed by atoms with Crippen molar-refractivity contribution >= 4 is 13.8 Å². The number of esters is 1. The Labute approximate surface area is 180 Å². The third-order valence-corrected chi connectivity index (χ3v) is 6.13. The highest BCUT2D eigenvalue weighted by Gasteiger charge is 2.59. The number of carbonyl (C=O) groups excluding carboxylic acids is 1. The zero-order valence-electron chi connectivity index (χ0n) is 17.5. The fourth-order valence-electron chi connectivity index (χ4n) is 3.35. The van der Waals surface area contributed by atoms with Crippen LogP contribution in [-0.4, -0.2) is 58.5 Å². The second kappa shape index (κ2) is 8.76. The Kier molecular flexibility index (Phi) is 6.76. The third-order valence-electron chi connectivity index (χ3n) is 4.73. The van der Waals surface area contributed by atoms with Crippen molar-refractivity contribution in [1.82, 2.24) is 9.55 Å². The van der Waals surface area contributed by atoms with Gasteiger partial charge in [-0.15, -0.1) is 0 Å². The number of ether oxygens (including phenoxy) is 2. The number of aromatic amines is 1. The number of carbonyl (C=O) groups is 1. The van der Waals surface area contributed by atoms with Gasteiger partial charge in [-0.3, -0.25) is 32.7 Å². The number of nitrogens with two attached hydrogens (primary N) is 1. The molecule has 5 atom stereocenters. The zero-order chi connectivity index (χ0) is 23.9. The lowest BCUT2D eigenvalue weighted by atomic mass is 9.93. The zero-order valence-corrected chi connectivity index (χ0v) is 18.4. The van der Waals surface area contributed by atoms with E-state index in [4.69, 9.17) is 24.0 Å². The van der Waals surface area contributed by atoms with Crippen LogP contribution in [0.15, 0.2) is 21.9 Å². The van der Waals surface area contributed by atoms with Crippen molar-refractivity contribution < 1.29 is 41.2 Å². The number of phosphoric ester groups is 1. The topological polar surface area (TPSA) is 161 Å². The number of halogens is 2. The van der Waals surface area contributed by atoms with E-state index in [-0.39, 0.29) is 6.61 Å². The van der Waals surface area contributed by atoms with Gasteiger partial charge in [-0.2, -0.15) is 0 Å². The molecule has 2 aliphatic rings. The number of phosphoric acid groups is 1. The van der Waals surface area contributed by atoms with Crippen molar-refractivity contribution in [2.24, 2.45) is 5.73 Å². The van der Waals surface area contributed by atoms with E-state index in [9.17, 15) is 27.7 Å². The van der Waals surface area contributed by atoms with Crippen LogP contribution in [-0.2, 0) is 32.4 Å². The number of hydrogen-bond donors (Lipinski definition) is 2. The molecule has 15 heteroatoms. The van der Waals surface area contributed by atoms with Crippen molar-refractivity contribution in [2.75, 3.05) is 13.2 Å². The summed E-state index contributed by atoms with van der Waals surface area (Å²) in [6.45, 7) is 2.63. The summed E-state index contributed by atoms with van der Waals surface area (Å²) in [5.74, 6) is -4.85. The molecule has 0 aliphatic carbocycles. The smallest absolute Gasteiger partial charge is 0.463 e. The number of fused-ring (bicyclic) bond motifs is 1. The summed E-state index contributed by atoms with van der Waals surface area (Å²) < 4.78 is 67.4. The molecule has 0 unspecified atom stereocenters. The molecule has 2 aliphatic heterocycles. The first-order valence-corrected chi connectivity index (χ1v) is 11.1. The molecule has 0 bridgehead atoms. The molecular formula is C17H24F2N3O9P. The van der Waals surface area contributed by atoms with E-state index in [2.05, 4.69) is 9.72 Å². The van der Waals surface area contributed by atoms with Gasteiger partial charge in [-0.1, -0.05) is 0 Å². The van der Waals surface area contributed by atoms with E-state index in [1.807, 2.05) is 0 Å². The summed E-state index contributed by atoms with van der Waals surface area (Å²) >= 11 is 0. The van der Waals surface area contributed by atoms with Gasteiger partial charge in [-0.05, 0) is 20.8 Å². The molecule has 3 rings (SSSR count). The highest BCUT2D eigenvalue weighted by Crippen LogP contribution is 2.58. The first-order valence-electron chi connectivity index (χ1n) is 9.63. The van der Waals surface area contributed by atoms with Crippen LogP contribution >= 0.6 is 7.82 Å². The second-order valence-corrected chi connectivity index (χ2v) is 9.65. The molecule has 32 heavy (non-hydrogen) atoms. The van der Waals surface area contributed by atoms with Crippen LogP contribution in [0.3, 0.4) is 0 Å². The van der Waals surface area contributed by atoms with Crippen LogP contribution in [0.5, 0.6) is 0 Å². The SMILES string of the molecule is CC(C)OC(=O)CC(F)(F)CO[P@@]1(=O)OC[C@H]2O[C@@H](n3ccc(=O)[nH]c3=O)[C@](C)(N)[C@@H]2O1. The number of rotatable bonds is 7. The molecule has 180 valence electrons. The highest BCUT2D eigenvalue weighted by molar-refractivity contribution is 7.48. The molecule has 0 saturated carbocycles. The monoisotopic (exact) mass is 483 g/mol. The van der Waals surface area contributed by atoms with Crippen LogP contribution in [0.2, 0.25) is 0 Å². The largest absolute Gasteiger partial charge is 0.475 e. The van der Waals surface area contributed by atoms with Gasteiger partial charge in [0.05, 0.1) is 18.2 Å². The van der Waals surface area contributed by atoms with Crippen LogP contribution in [0.1, 0.15) is 33.4 Å². The molecule has 2 fully saturated rings. The summed E-state index contributed by atoms with van der Waals surface area (Å²) in [6.07, 6.45) is -3.91. The van der Waals surface area contributed by atoms with Crippen molar-refractivity contribution in [1.29, 1.82) is 0 Å². The van der Waals surface area contributed by atoms with E-state index < -0.39 is 74.1 Å². The lowest BCUT2D eigenvalue weighted by Gasteiger charge is -2.36. The van der Waals surface area contributed by atoms with E-state index >= 15 is 0 Å². The lowest BCUT2D eigenvalue weighted by Crippen LogP contribution is -2.55. The summed E-state index contributed by atoms with van der Waals surface area (Å²) in [4.78, 5) is 37.0. The number of nitrogens with one attached hydrogen (secondary N) is 1. The van der Waals surface area contributed by atoms with Crippen LogP contribution < -0.4 is 17.0 Å². The minimum absolute atomic E-state index is 0.385. The van der Waals surface area contributed by atoms with Gasteiger partial charge in [0.2, 0.25) is 0 Å². The lowest BCUT2D eigenvalue weighted by molar-refractivity contribution is -0.158. The van der Waals surface area contributed by atoms with Gasteiger partial charge in [-0.25, -0.2) is 18.1 Å². The highest BCUT2D eigenvalue weighted by atomic mass is 31.2. The molecule has 3 heterocycles. The standard InChI is InChI=1S/C17H24F2N3O9P/c1-9(2)29-12(24)6-17(18,19)8-28-32(26)27-7-10-13(31-32)16(3,20)14(30-10)22-5-4-11(23)21-15(22)25/h4-5,9-10,13-14H,6-8,20H2,1-3H3,(H,21,23,25)/t10-,13-,14-,16-,32-/m1/s1. The Balaban J connectivity index is 1.69. The van der Waals surface area contributed by atoms with Gasteiger partial charge in [0.15, 0.2) is 6.23 Å². The van der Waals surface area contributed by atoms with E-state index in [1.54, 1.807) is 0 Å². The first kappa shape index (κ1) is 24.7. The molecule has 2 saturated heterocycles. The molecular weight excluding hydrogens is 459 g/mol. The fourth-order valence-corrected chi connectivity index (χ4v) is 4.87. The Bertz CT molecular complexity index is 1030. The van der Waals surface area contributed by atoms with Gasteiger partial charge >= 0.3 is 19.5 Å². The quantitative estimate of drug-likeness (QED) is 0.416. The van der Waals surface area contributed by atoms with Crippen molar-refractivity contribution in [2.45, 2.75) is 63.2 Å². The predicted molar refractivity (Wildman–Crippen MR) is 103 cm³/mol. The number of H-pyrrole nitrogens is 1. The number of nitrogens with zero attached hydrogens (tertiary/aromatic N) is 1. The molecule has 0 aromatic carbocycles. The summed E-state index contributed by atoms with van der Waals surface area (Å²) in [5, 5.41) is 0. The van der Waals surface area contributed by atoms with Crippen molar-refractivity contribution in [3.63, 3.8) is 0 Å². The van der Waals surface area contributed by atoms with Gasteiger partial charge < -0.3 is 15.2 Å². The number of hydrogen-bond acceptors (Lipinski definition) is 10. The third kappa shape index (κ3) is 5.33. The first-order chi connectivity index (χ1) is 14.7. The molecule has 12 nitrogen and oxygen atoms in total. The van der Waals surface area contributed by atoms with Gasteiger partial charge in [0.1, 0.15) is 25.2 Å². The molecule has 1 aromatic rings. The minimum atomic E-state index is -4.51. The summed E-state index contributed by atoms with van der Waals surface area (Å²) in [6, 6.07) is 1.08. The average molecular weight is 483 g/mol. The maximum absolute atomic E-state index is 14.1. The van der Waals surface area contributed by atoms with Crippen LogP contribution in [0.25, 0.3) is 0 Å². The Morgan fingerprint density at radius 1 is 1.47 bits per heavy atom. The van der Waals surface area contributed by atoms with Gasteiger partial charge in [0.25, 0.3) is 11.5 Å².